The number of nitriles is 1. The van der Waals surface area contributed by atoms with Crippen LogP contribution in [0.5, 0.6) is 5.75 Å². The van der Waals surface area contributed by atoms with Crippen LogP contribution in [0.25, 0.3) is 10.8 Å². The Hall–Kier alpha value is -2.47. The first kappa shape index (κ1) is 13.5. The summed E-state index contributed by atoms with van der Waals surface area (Å²) in [5, 5.41) is 11.6. The first-order chi connectivity index (χ1) is 10.3. The lowest BCUT2D eigenvalue weighted by Crippen LogP contribution is -2.20. The van der Waals surface area contributed by atoms with Crippen molar-refractivity contribution in [1.29, 1.82) is 5.26 Å². The molecule has 2 aromatic carbocycles. The van der Waals surface area contributed by atoms with E-state index in [-0.39, 0.29) is 11.8 Å². The van der Waals surface area contributed by atoms with Crippen LogP contribution in [0.3, 0.4) is 0 Å². The van der Waals surface area contributed by atoms with Gasteiger partial charge in [0, 0.05) is 16.9 Å². The van der Waals surface area contributed by atoms with Gasteiger partial charge in [-0.1, -0.05) is 56.2 Å². The summed E-state index contributed by atoms with van der Waals surface area (Å²) in [6.45, 7) is 2.15. The van der Waals surface area contributed by atoms with Crippen LogP contribution < -0.4 is 10.5 Å². The summed E-state index contributed by atoms with van der Waals surface area (Å²) in [5.41, 5.74) is 7.63. The second kappa shape index (κ2) is 5.49. The predicted molar refractivity (Wildman–Crippen MR) is 83.7 cm³/mol. The van der Waals surface area contributed by atoms with E-state index >= 15 is 0 Å². The van der Waals surface area contributed by atoms with E-state index in [0.717, 1.165) is 41.3 Å². The molecule has 0 radical (unpaired) electrons. The fourth-order valence-electron chi connectivity index (χ4n) is 2.98. The molecule has 0 fully saturated rings. The highest BCUT2D eigenvalue weighted by Gasteiger charge is 2.29. The Morgan fingerprint density at radius 2 is 2.05 bits per heavy atom. The molecule has 106 valence electrons. The Balaban J connectivity index is 2.18. The summed E-state index contributed by atoms with van der Waals surface area (Å²) in [6, 6.07) is 14.5. The van der Waals surface area contributed by atoms with Crippen molar-refractivity contribution in [3.63, 3.8) is 0 Å². The molecule has 1 aliphatic rings. The number of unbranched alkanes of at least 4 members (excludes halogenated alkanes) is 1. The van der Waals surface area contributed by atoms with Crippen LogP contribution >= 0.6 is 0 Å². The monoisotopic (exact) mass is 278 g/mol. The van der Waals surface area contributed by atoms with E-state index < -0.39 is 0 Å². The molecule has 1 atom stereocenters. The standard InChI is InChI=1S/C18H18N2O/c1-2-3-7-14-15-10-9-12-6-4-5-8-13(12)17(15)21-18(20)16(14)11-19/h4-6,8-10,14H,2-3,7,20H2,1H3/t14-/m0/s1. The van der Waals surface area contributed by atoms with Gasteiger partial charge in [0.2, 0.25) is 5.88 Å². The van der Waals surface area contributed by atoms with Gasteiger partial charge in [-0.15, -0.1) is 0 Å². The molecule has 21 heavy (non-hydrogen) atoms. The normalized spacial score (nSPS) is 17.2. The van der Waals surface area contributed by atoms with E-state index in [1.165, 1.54) is 0 Å². The number of rotatable bonds is 3. The Kier molecular flexibility index (Phi) is 3.53. The second-order valence-electron chi connectivity index (χ2n) is 5.39. The van der Waals surface area contributed by atoms with Crippen molar-refractivity contribution in [2.75, 3.05) is 0 Å². The first-order valence-electron chi connectivity index (χ1n) is 7.35. The van der Waals surface area contributed by atoms with Crippen molar-refractivity contribution in [1.82, 2.24) is 0 Å². The minimum atomic E-state index is 0.0447. The molecule has 0 amide bonds. The lowest BCUT2D eigenvalue weighted by Gasteiger charge is -2.27. The zero-order valence-electron chi connectivity index (χ0n) is 12.1. The molecule has 0 aromatic heterocycles. The van der Waals surface area contributed by atoms with Crippen LogP contribution in [-0.4, -0.2) is 0 Å². The van der Waals surface area contributed by atoms with Gasteiger partial charge in [0.05, 0.1) is 5.57 Å². The average Bonchev–Trinajstić information content (AvgIpc) is 2.52. The number of fused-ring (bicyclic) bond motifs is 3. The fraction of sp³-hybridized carbons (Fsp3) is 0.278. The van der Waals surface area contributed by atoms with E-state index in [1.54, 1.807) is 0 Å². The van der Waals surface area contributed by atoms with Gasteiger partial charge < -0.3 is 10.5 Å². The summed E-state index contributed by atoms with van der Waals surface area (Å²) in [6.07, 6.45) is 3.09. The zero-order valence-corrected chi connectivity index (χ0v) is 12.1. The molecule has 0 spiro atoms. The molecule has 3 heteroatoms. The van der Waals surface area contributed by atoms with Gasteiger partial charge in [-0.05, 0) is 11.8 Å². The molecule has 3 nitrogen and oxygen atoms in total. The molecule has 0 aliphatic carbocycles. The predicted octanol–water partition coefficient (Wildman–Crippen LogP) is 4.20. The molecule has 0 unspecified atom stereocenters. The highest BCUT2D eigenvalue weighted by Crippen LogP contribution is 2.44. The van der Waals surface area contributed by atoms with E-state index in [2.05, 4.69) is 31.2 Å². The van der Waals surface area contributed by atoms with Gasteiger partial charge in [-0.2, -0.15) is 5.26 Å². The smallest absolute Gasteiger partial charge is 0.205 e. The van der Waals surface area contributed by atoms with E-state index in [0.29, 0.717) is 5.57 Å². The summed E-state index contributed by atoms with van der Waals surface area (Å²) in [5.74, 6) is 1.11. The van der Waals surface area contributed by atoms with E-state index in [9.17, 15) is 5.26 Å². The molecule has 0 saturated carbocycles. The van der Waals surface area contributed by atoms with Crippen molar-refractivity contribution >= 4 is 10.8 Å². The lowest BCUT2D eigenvalue weighted by atomic mass is 9.84. The van der Waals surface area contributed by atoms with Crippen LogP contribution in [0.15, 0.2) is 47.9 Å². The van der Waals surface area contributed by atoms with E-state index in [4.69, 9.17) is 10.5 Å². The van der Waals surface area contributed by atoms with Crippen LogP contribution in [0, 0.1) is 11.3 Å². The largest absolute Gasteiger partial charge is 0.440 e. The van der Waals surface area contributed by atoms with Gasteiger partial charge in [0.1, 0.15) is 11.8 Å². The maximum absolute atomic E-state index is 9.40. The number of allylic oxidation sites excluding steroid dienone is 1. The maximum Gasteiger partial charge on any atom is 0.205 e. The molecule has 1 heterocycles. The number of hydrogen-bond acceptors (Lipinski definition) is 3. The van der Waals surface area contributed by atoms with Gasteiger partial charge >= 0.3 is 0 Å². The van der Waals surface area contributed by atoms with Crippen LogP contribution in [-0.2, 0) is 0 Å². The number of benzene rings is 2. The summed E-state index contributed by atoms with van der Waals surface area (Å²) >= 11 is 0. The Labute approximate surface area is 124 Å². The Bertz CT molecular complexity index is 755. The molecule has 0 saturated heterocycles. The van der Waals surface area contributed by atoms with Gasteiger partial charge in [0.25, 0.3) is 0 Å². The van der Waals surface area contributed by atoms with Crippen LogP contribution in [0.1, 0.15) is 37.7 Å². The minimum absolute atomic E-state index is 0.0447. The lowest BCUT2D eigenvalue weighted by molar-refractivity contribution is 0.388. The third-order valence-electron chi connectivity index (χ3n) is 4.08. The molecule has 0 bridgehead atoms. The SMILES string of the molecule is CCCC[C@@H]1C(C#N)=C(N)Oc2c1ccc1ccccc21. The van der Waals surface area contributed by atoms with Crippen molar-refractivity contribution in [2.45, 2.75) is 32.1 Å². The molecular weight excluding hydrogens is 260 g/mol. The summed E-state index contributed by atoms with van der Waals surface area (Å²) in [7, 11) is 0. The zero-order chi connectivity index (χ0) is 14.8. The van der Waals surface area contributed by atoms with E-state index in [1.807, 2.05) is 18.2 Å². The summed E-state index contributed by atoms with van der Waals surface area (Å²) < 4.78 is 5.79. The molecular formula is C18H18N2O. The Morgan fingerprint density at radius 1 is 1.24 bits per heavy atom. The maximum atomic E-state index is 9.40. The number of nitrogens with zero attached hydrogens (tertiary/aromatic N) is 1. The van der Waals surface area contributed by atoms with Gasteiger partial charge in [0.15, 0.2) is 0 Å². The minimum Gasteiger partial charge on any atom is -0.440 e. The fourth-order valence-corrected chi connectivity index (χ4v) is 2.98. The van der Waals surface area contributed by atoms with Crippen LogP contribution in [0.4, 0.5) is 0 Å². The highest BCUT2D eigenvalue weighted by atomic mass is 16.5. The molecule has 3 rings (SSSR count). The number of nitrogens with two attached hydrogens (primary N) is 1. The van der Waals surface area contributed by atoms with Crippen molar-refractivity contribution in [3.05, 3.63) is 53.4 Å². The second-order valence-corrected chi connectivity index (χ2v) is 5.39. The first-order valence-corrected chi connectivity index (χ1v) is 7.35. The average molecular weight is 278 g/mol. The van der Waals surface area contributed by atoms with Gasteiger partial charge in [-0.3, -0.25) is 0 Å². The van der Waals surface area contributed by atoms with Crippen LogP contribution in [0.2, 0.25) is 0 Å². The highest BCUT2D eigenvalue weighted by molar-refractivity contribution is 5.90. The molecule has 2 N–H and O–H groups in total. The number of ether oxygens (including phenoxy) is 1. The molecule has 2 aromatic rings. The van der Waals surface area contributed by atoms with Crippen molar-refractivity contribution in [2.24, 2.45) is 5.73 Å². The number of hydrogen-bond donors (Lipinski definition) is 1. The Morgan fingerprint density at radius 3 is 2.81 bits per heavy atom. The van der Waals surface area contributed by atoms with Gasteiger partial charge in [-0.25, -0.2) is 0 Å². The topological polar surface area (TPSA) is 59.0 Å². The molecule has 1 aliphatic heterocycles. The third kappa shape index (κ3) is 2.23. The third-order valence-corrected chi connectivity index (χ3v) is 4.08. The quantitative estimate of drug-likeness (QED) is 0.915. The van der Waals surface area contributed by atoms with Crippen molar-refractivity contribution < 1.29 is 4.74 Å². The van der Waals surface area contributed by atoms with Crippen molar-refractivity contribution in [3.8, 4) is 11.8 Å². The summed E-state index contributed by atoms with van der Waals surface area (Å²) in [4.78, 5) is 0.